The highest BCUT2D eigenvalue weighted by Gasteiger charge is 2.01. The zero-order chi connectivity index (χ0) is 5.86. The van der Waals surface area contributed by atoms with Gasteiger partial charge in [-0.05, 0) is 0 Å². The van der Waals surface area contributed by atoms with Crippen LogP contribution in [0.15, 0.2) is 0 Å². The second-order valence-corrected chi connectivity index (χ2v) is 3.02. The number of hydrogen-bond acceptors (Lipinski definition) is 2. The highest BCUT2D eigenvalue weighted by Crippen LogP contribution is 2.03. The number of nitriles is 1. The molecule has 0 aromatic rings. The summed E-state index contributed by atoms with van der Waals surface area (Å²) in [6, 6.07) is 1.36. The van der Waals surface area contributed by atoms with Gasteiger partial charge in [0.25, 0.3) is 0 Å². The second-order valence-electron chi connectivity index (χ2n) is 0.650. The van der Waals surface area contributed by atoms with E-state index in [9.17, 15) is 4.79 Å². The van der Waals surface area contributed by atoms with Crippen LogP contribution < -0.4 is 0 Å². The first-order valence-corrected chi connectivity index (χ1v) is 2.66. The topological polar surface area (TPSA) is 44.1 Å². The molecule has 3 nitrogen and oxygen atoms in total. The Morgan fingerprint density at radius 1 is 1.71 bits per heavy atom. The van der Waals surface area contributed by atoms with E-state index in [0.717, 1.165) is 2.95 Å². The van der Waals surface area contributed by atoms with Crippen molar-refractivity contribution in [2.75, 3.05) is 0 Å². The molecule has 0 bridgehead atoms. The fourth-order valence-corrected chi connectivity index (χ4v) is 0.196. The molecular formula is C2Br2N2O. The lowest BCUT2D eigenvalue weighted by Crippen LogP contribution is -2.04. The van der Waals surface area contributed by atoms with Gasteiger partial charge in [-0.2, -0.15) is 8.21 Å². The van der Waals surface area contributed by atoms with Crippen molar-refractivity contribution in [3.8, 4) is 6.07 Å². The van der Waals surface area contributed by atoms with Gasteiger partial charge in [0.1, 0.15) is 0 Å². The van der Waals surface area contributed by atoms with Crippen molar-refractivity contribution in [1.29, 1.82) is 5.26 Å². The molecule has 0 unspecified atom stereocenters. The van der Waals surface area contributed by atoms with E-state index in [2.05, 4.69) is 32.3 Å². The molecule has 0 saturated carbocycles. The molecule has 0 spiro atoms. The summed E-state index contributed by atoms with van der Waals surface area (Å²) in [5.41, 5.74) is 0. The average Bonchev–Trinajstić information content (AvgIpc) is 1.65. The second kappa shape index (κ2) is 2.99. The smallest absolute Gasteiger partial charge is 0.255 e. The van der Waals surface area contributed by atoms with Crippen LogP contribution in [0.25, 0.3) is 0 Å². The normalized spacial score (nSPS) is 7.00. The van der Waals surface area contributed by atoms with Crippen molar-refractivity contribution in [3.63, 3.8) is 0 Å². The van der Waals surface area contributed by atoms with Crippen LogP contribution in [-0.2, 0) is 4.79 Å². The Hall–Kier alpha value is -0.0800. The standard InChI is InChI=1S/C2Br2N2O/c3-6(4)2(7)1-5. The molecule has 38 valence electrons. The van der Waals surface area contributed by atoms with E-state index in [4.69, 9.17) is 5.26 Å². The van der Waals surface area contributed by atoms with Gasteiger partial charge in [0.15, 0.2) is 6.07 Å². The Morgan fingerprint density at radius 2 is 2.14 bits per heavy atom. The van der Waals surface area contributed by atoms with Crippen LogP contribution in [0.2, 0.25) is 0 Å². The van der Waals surface area contributed by atoms with Crippen LogP contribution in [0, 0.1) is 11.3 Å². The Labute approximate surface area is 57.6 Å². The van der Waals surface area contributed by atoms with E-state index in [1.54, 1.807) is 0 Å². The van der Waals surface area contributed by atoms with E-state index in [0.29, 0.717) is 0 Å². The molecule has 0 aromatic heterocycles. The van der Waals surface area contributed by atoms with Crippen LogP contribution >= 0.6 is 32.3 Å². The minimum absolute atomic E-state index is 0.681. The highest BCUT2D eigenvalue weighted by atomic mass is 79.9. The molecule has 1 amide bonds. The minimum atomic E-state index is -0.681. The van der Waals surface area contributed by atoms with Crippen LogP contribution in [0.4, 0.5) is 0 Å². The van der Waals surface area contributed by atoms with Gasteiger partial charge in [0.05, 0.1) is 32.3 Å². The number of halogens is 2. The van der Waals surface area contributed by atoms with Crippen LogP contribution in [0.3, 0.4) is 0 Å². The zero-order valence-electron chi connectivity index (χ0n) is 3.06. The van der Waals surface area contributed by atoms with Crippen molar-refractivity contribution >= 4 is 38.2 Å². The van der Waals surface area contributed by atoms with Gasteiger partial charge in [-0.15, -0.1) is 0 Å². The van der Waals surface area contributed by atoms with Crippen LogP contribution in [0.5, 0.6) is 0 Å². The molecule has 0 heterocycles. The first-order valence-electron chi connectivity index (χ1n) is 1.24. The maximum atomic E-state index is 9.98. The van der Waals surface area contributed by atoms with Gasteiger partial charge < -0.3 is 0 Å². The molecule has 0 fully saturated rings. The lowest BCUT2D eigenvalue weighted by atomic mass is 10.7. The van der Waals surface area contributed by atoms with Crippen LogP contribution in [0.1, 0.15) is 0 Å². The average molecular weight is 228 g/mol. The molecule has 0 N–H and O–H groups in total. The summed E-state index contributed by atoms with van der Waals surface area (Å²) >= 11 is 5.36. The van der Waals surface area contributed by atoms with Crippen LogP contribution in [-0.4, -0.2) is 8.86 Å². The summed E-state index contributed by atoms with van der Waals surface area (Å²) in [4.78, 5) is 9.98. The van der Waals surface area contributed by atoms with Crippen molar-refractivity contribution in [2.24, 2.45) is 0 Å². The highest BCUT2D eigenvalue weighted by molar-refractivity contribution is 9.21. The van der Waals surface area contributed by atoms with Crippen molar-refractivity contribution in [2.45, 2.75) is 0 Å². The quantitative estimate of drug-likeness (QED) is 0.457. The summed E-state index contributed by atoms with van der Waals surface area (Å²) in [7, 11) is 0. The summed E-state index contributed by atoms with van der Waals surface area (Å²) in [5.74, 6) is -0.681. The summed E-state index contributed by atoms with van der Waals surface area (Å²) in [5, 5.41) is 7.80. The number of amides is 1. The summed E-state index contributed by atoms with van der Waals surface area (Å²) < 4.78 is 0.847. The van der Waals surface area contributed by atoms with E-state index < -0.39 is 5.91 Å². The zero-order valence-corrected chi connectivity index (χ0v) is 6.23. The molecule has 0 aliphatic rings. The minimum Gasteiger partial charge on any atom is -0.255 e. The summed E-state index contributed by atoms with van der Waals surface area (Å²) in [6.07, 6.45) is 0. The SMILES string of the molecule is N#CC(=O)N(Br)Br. The molecule has 0 rings (SSSR count). The molecule has 0 aromatic carbocycles. The Bertz CT molecular complexity index is 115. The molecule has 0 aliphatic heterocycles. The molecule has 5 heteroatoms. The fourth-order valence-electron chi connectivity index (χ4n) is 0.0378. The monoisotopic (exact) mass is 226 g/mol. The van der Waals surface area contributed by atoms with Crippen molar-refractivity contribution in [1.82, 2.24) is 2.95 Å². The lowest BCUT2D eigenvalue weighted by molar-refractivity contribution is -0.116. The van der Waals surface area contributed by atoms with Crippen molar-refractivity contribution < 1.29 is 4.79 Å². The van der Waals surface area contributed by atoms with Gasteiger partial charge >= 0.3 is 5.91 Å². The summed E-state index contributed by atoms with van der Waals surface area (Å²) in [6.45, 7) is 0. The van der Waals surface area contributed by atoms with Crippen molar-refractivity contribution in [3.05, 3.63) is 0 Å². The molecule has 0 radical (unpaired) electrons. The maximum absolute atomic E-state index is 9.98. The third-order valence-electron chi connectivity index (χ3n) is 0.249. The largest absolute Gasteiger partial charge is 0.345 e. The Kier molecular flexibility index (Phi) is 2.96. The number of carbonyl (C=O) groups is 1. The maximum Gasteiger partial charge on any atom is 0.345 e. The van der Waals surface area contributed by atoms with E-state index >= 15 is 0 Å². The Balaban J connectivity index is 3.64. The number of rotatable bonds is 0. The molecule has 0 aliphatic carbocycles. The van der Waals surface area contributed by atoms with Gasteiger partial charge in [-0.25, -0.2) is 0 Å². The van der Waals surface area contributed by atoms with Gasteiger partial charge in [-0.1, -0.05) is 0 Å². The molecular weight excluding hydrogens is 228 g/mol. The molecule has 0 atom stereocenters. The number of nitrogens with zero attached hydrogens (tertiary/aromatic N) is 2. The van der Waals surface area contributed by atoms with Gasteiger partial charge in [0, 0.05) is 0 Å². The molecule has 7 heavy (non-hydrogen) atoms. The fraction of sp³-hybridized carbons (Fsp3) is 0. The van der Waals surface area contributed by atoms with Gasteiger partial charge in [0.2, 0.25) is 0 Å². The predicted octanol–water partition coefficient (Wildman–Crippen LogP) is 0.958. The third-order valence-corrected chi connectivity index (χ3v) is 0.893. The molecule has 0 saturated heterocycles. The van der Waals surface area contributed by atoms with E-state index in [1.165, 1.54) is 6.07 Å². The number of hydrogen-bond donors (Lipinski definition) is 0. The van der Waals surface area contributed by atoms with Gasteiger partial charge in [-0.3, -0.25) is 4.79 Å². The first-order chi connectivity index (χ1) is 3.18. The predicted molar refractivity (Wildman–Crippen MR) is 30.3 cm³/mol. The third kappa shape index (κ3) is 2.60. The van der Waals surface area contributed by atoms with E-state index in [1.807, 2.05) is 0 Å². The first kappa shape index (κ1) is 6.92. The number of carbonyl (C=O) groups excluding carboxylic acids is 1. The van der Waals surface area contributed by atoms with E-state index in [-0.39, 0.29) is 0 Å². The lowest BCUT2D eigenvalue weighted by Gasteiger charge is -1.91. The Morgan fingerprint density at radius 3 is 2.14 bits per heavy atom.